The molecular formula is C11H11BrN4O. The van der Waals surface area contributed by atoms with Crippen LogP contribution in [0.5, 0.6) is 0 Å². The van der Waals surface area contributed by atoms with Crippen molar-refractivity contribution in [2.45, 2.75) is 13.5 Å². The van der Waals surface area contributed by atoms with Crippen molar-refractivity contribution in [1.82, 2.24) is 14.8 Å². The van der Waals surface area contributed by atoms with Gasteiger partial charge in [0.05, 0.1) is 0 Å². The van der Waals surface area contributed by atoms with E-state index < -0.39 is 0 Å². The van der Waals surface area contributed by atoms with Crippen molar-refractivity contribution in [1.29, 1.82) is 0 Å². The standard InChI is InChI=1S/C11H11BrN4O/c1-2-16-9(5-6-14-16)11(17)15-10-4-3-8(12)7-13-10/h3-7H,2H2,1H3,(H,13,15,17). The number of carbonyl (C=O) groups is 1. The Balaban J connectivity index is 2.14. The van der Waals surface area contributed by atoms with E-state index in [-0.39, 0.29) is 5.91 Å². The van der Waals surface area contributed by atoms with Crippen LogP contribution < -0.4 is 5.32 Å². The van der Waals surface area contributed by atoms with Crippen molar-refractivity contribution in [3.8, 4) is 0 Å². The van der Waals surface area contributed by atoms with Crippen LogP contribution in [0.15, 0.2) is 35.1 Å². The molecule has 2 rings (SSSR count). The minimum absolute atomic E-state index is 0.209. The Morgan fingerprint density at radius 3 is 2.94 bits per heavy atom. The first kappa shape index (κ1) is 11.8. The smallest absolute Gasteiger partial charge is 0.275 e. The van der Waals surface area contributed by atoms with Crippen LogP contribution in [0, 0.1) is 0 Å². The maximum absolute atomic E-state index is 11.9. The van der Waals surface area contributed by atoms with Gasteiger partial charge in [0.1, 0.15) is 11.5 Å². The zero-order chi connectivity index (χ0) is 12.3. The number of hydrogen-bond donors (Lipinski definition) is 1. The second-order valence-electron chi connectivity index (χ2n) is 3.35. The third kappa shape index (κ3) is 2.71. The van der Waals surface area contributed by atoms with E-state index >= 15 is 0 Å². The highest BCUT2D eigenvalue weighted by molar-refractivity contribution is 9.10. The maximum Gasteiger partial charge on any atom is 0.275 e. The predicted octanol–water partition coefficient (Wildman–Crippen LogP) is 2.31. The molecule has 0 spiro atoms. The highest BCUT2D eigenvalue weighted by atomic mass is 79.9. The maximum atomic E-state index is 11.9. The van der Waals surface area contributed by atoms with E-state index in [2.05, 4.69) is 31.3 Å². The molecule has 0 aliphatic carbocycles. The van der Waals surface area contributed by atoms with Gasteiger partial charge >= 0.3 is 0 Å². The molecule has 5 nitrogen and oxygen atoms in total. The average molecular weight is 295 g/mol. The molecule has 0 fully saturated rings. The highest BCUT2D eigenvalue weighted by Crippen LogP contribution is 2.11. The van der Waals surface area contributed by atoms with Crippen molar-refractivity contribution >= 4 is 27.7 Å². The van der Waals surface area contributed by atoms with E-state index in [1.54, 1.807) is 29.2 Å². The third-order valence-corrected chi connectivity index (χ3v) is 2.69. The SMILES string of the molecule is CCn1nccc1C(=O)Nc1ccc(Br)cn1. The fourth-order valence-corrected chi connectivity index (χ4v) is 1.64. The van der Waals surface area contributed by atoms with E-state index in [0.29, 0.717) is 18.1 Å². The zero-order valence-corrected chi connectivity index (χ0v) is 10.8. The molecule has 0 aliphatic heterocycles. The van der Waals surface area contributed by atoms with Crippen molar-refractivity contribution < 1.29 is 4.79 Å². The first-order valence-corrected chi connectivity index (χ1v) is 5.94. The number of nitrogens with one attached hydrogen (secondary N) is 1. The number of amides is 1. The van der Waals surface area contributed by atoms with Crippen LogP contribution in [0.1, 0.15) is 17.4 Å². The fourth-order valence-electron chi connectivity index (χ4n) is 1.41. The summed E-state index contributed by atoms with van der Waals surface area (Å²) in [7, 11) is 0. The van der Waals surface area contributed by atoms with E-state index in [4.69, 9.17) is 0 Å². The van der Waals surface area contributed by atoms with Gasteiger partial charge in [0, 0.05) is 23.4 Å². The van der Waals surface area contributed by atoms with Crippen molar-refractivity contribution in [3.05, 3.63) is 40.8 Å². The average Bonchev–Trinajstić information content (AvgIpc) is 2.80. The summed E-state index contributed by atoms with van der Waals surface area (Å²) in [5.41, 5.74) is 0.525. The molecule has 17 heavy (non-hydrogen) atoms. The van der Waals surface area contributed by atoms with Gasteiger partial charge in [0.2, 0.25) is 0 Å². The molecule has 0 saturated heterocycles. The molecule has 1 N–H and O–H groups in total. The first-order valence-electron chi connectivity index (χ1n) is 5.15. The Morgan fingerprint density at radius 1 is 1.47 bits per heavy atom. The lowest BCUT2D eigenvalue weighted by molar-refractivity contribution is 0.101. The number of aromatic nitrogens is 3. The molecule has 0 radical (unpaired) electrons. The van der Waals surface area contributed by atoms with E-state index in [0.717, 1.165) is 4.47 Å². The molecule has 0 aromatic carbocycles. The minimum Gasteiger partial charge on any atom is -0.305 e. The monoisotopic (exact) mass is 294 g/mol. The summed E-state index contributed by atoms with van der Waals surface area (Å²) in [5, 5.41) is 6.75. The first-order chi connectivity index (χ1) is 8.20. The number of aryl methyl sites for hydroxylation is 1. The Hall–Kier alpha value is -1.69. The molecule has 0 aliphatic rings. The molecule has 2 aromatic heterocycles. The summed E-state index contributed by atoms with van der Waals surface area (Å²) in [5.74, 6) is 0.307. The summed E-state index contributed by atoms with van der Waals surface area (Å²) in [4.78, 5) is 16.0. The highest BCUT2D eigenvalue weighted by Gasteiger charge is 2.11. The molecule has 1 amide bonds. The number of anilines is 1. The van der Waals surface area contributed by atoms with E-state index in [9.17, 15) is 4.79 Å². The Kier molecular flexibility index (Phi) is 3.53. The van der Waals surface area contributed by atoms with Crippen LogP contribution >= 0.6 is 15.9 Å². The molecule has 88 valence electrons. The topological polar surface area (TPSA) is 59.8 Å². The summed E-state index contributed by atoms with van der Waals surface area (Å²) in [6, 6.07) is 5.23. The van der Waals surface area contributed by atoms with Crippen molar-refractivity contribution in [3.63, 3.8) is 0 Å². The van der Waals surface area contributed by atoms with Gasteiger partial charge < -0.3 is 5.32 Å². The molecule has 2 aromatic rings. The van der Waals surface area contributed by atoms with E-state index in [1.165, 1.54) is 0 Å². The summed E-state index contributed by atoms with van der Waals surface area (Å²) < 4.78 is 2.50. The number of pyridine rings is 1. The predicted molar refractivity (Wildman–Crippen MR) is 67.8 cm³/mol. The van der Waals surface area contributed by atoms with Crippen LogP contribution in [0.25, 0.3) is 0 Å². The van der Waals surface area contributed by atoms with Crippen molar-refractivity contribution in [2.24, 2.45) is 0 Å². The van der Waals surface area contributed by atoms with Crippen molar-refractivity contribution in [2.75, 3.05) is 5.32 Å². The van der Waals surface area contributed by atoms with Crippen LogP contribution in [0.4, 0.5) is 5.82 Å². The summed E-state index contributed by atoms with van der Waals surface area (Å²) >= 11 is 3.28. The second-order valence-corrected chi connectivity index (χ2v) is 4.26. The minimum atomic E-state index is -0.209. The number of carbonyl (C=O) groups excluding carboxylic acids is 1. The van der Waals surface area contributed by atoms with Gasteiger partial charge in [-0.2, -0.15) is 5.10 Å². The van der Waals surface area contributed by atoms with Gasteiger partial charge in [-0.15, -0.1) is 0 Å². The molecule has 0 atom stereocenters. The Morgan fingerprint density at radius 2 is 2.29 bits per heavy atom. The zero-order valence-electron chi connectivity index (χ0n) is 9.22. The molecule has 2 heterocycles. The molecule has 0 bridgehead atoms. The fraction of sp³-hybridized carbons (Fsp3) is 0.182. The van der Waals surface area contributed by atoms with Gasteiger partial charge in [-0.25, -0.2) is 4.98 Å². The second kappa shape index (κ2) is 5.09. The number of hydrogen-bond acceptors (Lipinski definition) is 3. The van der Waals surface area contributed by atoms with E-state index in [1.807, 2.05) is 13.0 Å². The van der Waals surface area contributed by atoms with Crippen LogP contribution in [-0.2, 0) is 6.54 Å². The largest absolute Gasteiger partial charge is 0.305 e. The Bertz CT molecular complexity index is 521. The number of nitrogens with zero attached hydrogens (tertiary/aromatic N) is 3. The van der Waals surface area contributed by atoms with Crippen LogP contribution in [0.2, 0.25) is 0 Å². The van der Waals surface area contributed by atoms with Crippen LogP contribution in [-0.4, -0.2) is 20.7 Å². The van der Waals surface area contributed by atoms with Gasteiger partial charge in [-0.05, 0) is 41.1 Å². The molecule has 6 heteroatoms. The van der Waals surface area contributed by atoms with Crippen LogP contribution in [0.3, 0.4) is 0 Å². The quantitative estimate of drug-likeness (QED) is 0.945. The molecule has 0 saturated carbocycles. The van der Waals surface area contributed by atoms with Gasteiger partial charge in [0.25, 0.3) is 5.91 Å². The normalized spacial score (nSPS) is 10.2. The van der Waals surface area contributed by atoms with Gasteiger partial charge in [0.15, 0.2) is 0 Å². The molecular weight excluding hydrogens is 284 g/mol. The summed E-state index contributed by atoms with van der Waals surface area (Å²) in [6.45, 7) is 2.59. The lowest BCUT2D eigenvalue weighted by atomic mass is 10.4. The third-order valence-electron chi connectivity index (χ3n) is 2.22. The summed E-state index contributed by atoms with van der Waals surface area (Å²) in [6.07, 6.45) is 3.24. The lowest BCUT2D eigenvalue weighted by Gasteiger charge is -2.05. The van der Waals surface area contributed by atoms with Gasteiger partial charge in [-0.1, -0.05) is 0 Å². The van der Waals surface area contributed by atoms with Gasteiger partial charge in [-0.3, -0.25) is 9.48 Å². The molecule has 0 unspecified atom stereocenters. The number of halogens is 1. The Labute approximate surface area is 107 Å². The lowest BCUT2D eigenvalue weighted by Crippen LogP contribution is -2.17. The number of rotatable bonds is 3.